The van der Waals surface area contributed by atoms with Gasteiger partial charge in [0.1, 0.15) is 0 Å². The summed E-state index contributed by atoms with van der Waals surface area (Å²) in [6, 6.07) is 0. The summed E-state index contributed by atoms with van der Waals surface area (Å²) in [5, 5.41) is 12.0. The zero-order valence-electron chi connectivity index (χ0n) is 28.2. The van der Waals surface area contributed by atoms with E-state index in [4.69, 9.17) is 10.5 Å². The first-order valence-corrected chi connectivity index (χ1v) is 15.5. The van der Waals surface area contributed by atoms with E-state index in [-0.39, 0.29) is 0 Å². The highest BCUT2D eigenvalue weighted by Gasteiger charge is 1.59. The Bertz CT molecular complexity index is 75.0. The average Bonchev–Trinajstić information content (AvgIpc) is 2.94. The summed E-state index contributed by atoms with van der Waals surface area (Å²) in [6.07, 6.45) is 21.1. The number of hydrogen-bond acceptors (Lipinski definition) is 2. The number of unbranched alkanes of at least 4 members (excludes halogenated alkanes) is 8. The average molecular weight is 499 g/mol. The predicted molar refractivity (Wildman–Crippen MR) is 170 cm³/mol. The Morgan fingerprint density at radius 1 is 0.176 bits per heavy atom. The van der Waals surface area contributed by atoms with Crippen molar-refractivity contribution in [1.29, 1.82) is 0 Å². The largest absolute Gasteiger partial charge is 0.255 e. The van der Waals surface area contributed by atoms with Crippen molar-refractivity contribution in [2.75, 3.05) is 0 Å². The van der Waals surface area contributed by atoms with Crippen molar-refractivity contribution in [3.63, 3.8) is 0 Å². The Morgan fingerprint density at radius 2 is 0.206 bits per heavy atom. The zero-order chi connectivity index (χ0) is 29.3. The zero-order valence-corrected chi connectivity index (χ0v) is 28.2. The van der Waals surface area contributed by atoms with Gasteiger partial charge in [-0.15, -0.1) is 0 Å². The van der Waals surface area contributed by atoms with Crippen molar-refractivity contribution in [2.45, 2.75) is 214 Å². The van der Waals surface area contributed by atoms with Crippen LogP contribution in [0.3, 0.4) is 0 Å². The van der Waals surface area contributed by atoms with Crippen LogP contribution in [0.1, 0.15) is 214 Å². The van der Waals surface area contributed by atoms with Gasteiger partial charge in [-0.05, 0) is 0 Å². The molecule has 2 nitrogen and oxygen atoms in total. The molecule has 2 N–H and O–H groups in total. The Kier molecular flexibility index (Phi) is 230. The molecule has 0 amide bonds. The molecule has 0 bridgehead atoms. The molecule has 0 aliphatic carbocycles. The van der Waals surface area contributed by atoms with Crippen molar-refractivity contribution >= 4 is 0 Å². The fourth-order valence-corrected chi connectivity index (χ4v) is 0. The minimum atomic E-state index is 1.32. The van der Waals surface area contributed by atoms with Gasteiger partial charge in [0.15, 0.2) is 0 Å². The van der Waals surface area contributed by atoms with Gasteiger partial charge in [0.2, 0.25) is 0 Å². The maximum Gasteiger partial charge on any atom is -0.0564 e. The van der Waals surface area contributed by atoms with E-state index >= 15 is 0 Å². The Labute approximate surface area is 224 Å². The summed E-state index contributed by atoms with van der Waals surface area (Å²) in [5.74, 6) is 0. The molecule has 0 unspecified atom stereocenters. The van der Waals surface area contributed by atoms with E-state index in [9.17, 15) is 0 Å². The molecule has 0 aromatic heterocycles. The highest BCUT2D eigenvalue weighted by Crippen LogP contribution is 1.79. The molecule has 0 radical (unpaired) electrons. The first-order valence-electron chi connectivity index (χ1n) is 15.5. The lowest BCUT2D eigenvalue weighted by Gasteiger charge is -1.68. The third kappa shape index (κ3) is 487. The molecule has 0 aromatic rings. The van der Waals surface area contributed by atoms with Crippen molar-refractivity contribution in [2.24, 2.45) is 0 Å². The van der Waals surface area contributed by atoms with E-state index in [0.717, 1.165) is 0 Å². The number of rotatable bonds is 8. The molecule has 0 rings (SSSR count). The maximum atomic E-state index is 6.00. The van der Waals surface area contributed by atoms with Crippen LogP contribution in [0.2, 0.25) is 0 Å². The van der Waals surface area contributed by atoms with Crippen LogP contribution in [0.25, 0.3) is 0 Å². The van der Waals surface area contributed by atoms with Gasteiger partial charge in [0, 0.05) is 0 Å². The second-order valence-electron chi connectivity index (χ2n) is 8.00. The summed E-state index contributed by atoms with van der Waals surface area (Å²) in [6.45, 7) is 34.9. The minimum Gasteiger partial charge on any atom is -0.255 e. The van der Waals surface area contributed by atoms with Gasteiger partial charge < -0.3 is 0 Å². The quantitative estimate of drug-likeness (QED) is 0.258. The van der Waals surface area contributed by atoms with Gasteiger partial charge in [-0.1, -0.05) is 214 Å². The lowest BCUT2D eigenvalue weighted by atomic mass is 10.4. The Balaban J connectivity index is -0.0000000297. The van der Waals surface area contributed by atoms with Crippen LogP contribution in [-0.2, 0) is 0 Å². The van der Waals surface area contributed by atoms with Crippen LogP contribution in [0, 0.1) is 0 Å². The first-order chi connectivity index (χ1) is 16.3. The normalized spacial score (nSPS) is 7.24. The SMILES string of the molecule is CCCC.CCCC.CCCC.CCCC.CCCC.CCCC.CCCC.CCCC.OO. The first kappa shape index (κ1) is 59.2. The van der Waals surface area contributed by atoms with Gasteiger partial charge in [-0.25, -0.2) is 0 Å². The molecular formula is C32H82O2. The van der Waals surface area contributed by atoms with E-state index in [1.54, 1.807) is 0 Å². The second kappa shape index (κ2) is 132. The molecule has 2 heteroatoms. The van der Waals surface area contributed by atoms with Crippen molar-refractivity contribution in [1.82, 2.24) is 0 Å². The Morgan fingerprint density at radius 3 is 0.206 bits per heavy atom. The molecule has 0 atom stereocenters. The molecule has 34 heavy (non-hydrogen) atoms. The van der Waals surface area contributed by atoms with Crippen LogP contribution in [-0.4, -0.2) is 10.5 Å². The van der Waals surface area contributed by atoms with Gasteiger partial charge in [0.05, 0.1) is 0 Å². The van der Waals surface area contributed by atoms with E-state index in [0.29, 0.717) is 0 Å². The summed E-state index contributed by atoms with van der Waals surface area (Å²) >= 11 is 0. The van der Waals surface area contributed by atoms with E-state index in [1.807, 2.05) is 0 Å². The third-order valence-corrected chi connectivity index (χ3v) is 4.00. The van der Waals surface area contributed by atoms with Crippen LogP contribution < -0.4 is 0 Å². The molecule has 0 saturated carbocycles. The van der Waals surface area contributed by atoms with Gasteiger partial charge >= 0.3 is 0 Å². The molecular weight excluding hydrogens is 416 g/mol. The topological polar surface area (TPSA) is 40.5 Å². The monoisotopic (exact) mass is 499 g/mol. The molecule has 0 saturated heterocycles. The molecule has 0 heterocycles. The standard InChI is InChI=1S/8C4H10.H2O2/c8*1-3-4-2;1-2/h8*3-4H2,1-2H3;1-2H. The molecule has 222 valence electrons. The maximum absolute atomic E-state index is 6.00. The molecule has 0 fully saturated rings. The fraction of sp³-hybridized carbons (Fsp3) is 1.00. The van der Waals surface area contributed by atoms with Gasteiger partial charge in [-0.3, -0.25) is 10.5 Å². The molecule has 0 spiro atoms. The predicted octanol–water partition coefficient (Wildman–Crippen LogP) is 14.5. The summed E-state index contributed by atoms with van der Waals surface area (Å²) in [7, 11) is 0. The lowest BCUT2D eigenvalue weighted by Crippen LogP contribution is -1.47. The van der Waals surface area contributed by atoms with E-state index < -0.39 is 0 Å². The third-order valence-electron chi connectivity index (χ3n) is 4.00. The summed E-state index contributed by atoms with van der Waals surface area (Å²) < 4.78 is 0. The van der Waals surface area contributed by atoms with Crippen LogP contribution >= 0.6 is 0 Å². The number of hydrogen-bond donors (Lipinski definition) is 2. The lowest BCUT2D eigenvalue weighted by molar-refractivity contribution is -0.176. The summed E-state index contributed by atoms with van der Waals surface area (Å²) in [5.41, 5.74) is 0. The van der Waals surface area contributed by atoms with Crippen molar-refractivity contribution in [3.05, 3.63) is 0 Å². The molecule has 0 aromatic carbocycles. The fourth-order valence-electron chi connectivity index (χ4n) is 0. The van der Waals surface area contributed by atoms with E-state index in [2.05, 4.69) is 111 Å². The van der Waals surface area contributed by atoms with Gasteiger partial charge in [0.25, 0.3) is 0 Å². The highest BCUT2D eigenvalue weighted by molar-refractivity contribution is 4.15. The Hall–Kier alpha value is -0.0800. The van der Waals surface area contributed by atoms with Crippen molar-refractivity contribution in [3.8, 4) is 0 Å². The van der Waals surface area contributed by atoms with Crippen LogP contribution in [0.4, 0.5) is 0 Å². The second-order valence-corrected chi connectivity index (χ2v) is 8.00. The van der Waals surface area contributed by atoms with Crippen LogP contribution in [0.5, 0.6) is 0 Å². The van der Waals surface area contributed by atoms with E-state index in [1.165, 1.54) is 103 Å². The van der Waals surface area contributed by atoms with Crippen molar-refractivity contribution < 1.29 is 10.5 Å². The van der Waals surface area contributed by atoms with Gasteiger partial charge in [-0.2, -0.15) is 0 Å². The summed E-state index contributed by atoms with van der Waals surface area (Å²) in [4.78, 5) is 0. The van der Waals surface area contributed by atoms with Crippen LogP contribution in [0.15, 0.2) is 0 Å². The highest BCUT2D eigenvalue weighted by atomic mass is 17.0. The minimum absolute atomic E-state index is 1.32. The smallest absolute Gasteiger partial charge is 0.0564 e. The molecule has 0 aliphatic rings. The molecule has 0 aliphatic heterocycles.